The third kappa shape index (κ3) is 10.7. The molecular weight excluding hydrogens is 523 g/mol. The van der Waals surface area contributed by atoms with Gasteiger partial charge < -0.3 is 26.6 Å². The van der Waals surface area contributed by atoms with E-state index < -0.39 is 11.8 Å². The molecule has 0 unspecified atom stereocenters. The van der Waals surface area contributed by atoms with Gasteiger partial charge in [-0.3, -0.25) is 28.7 Å². The van der Waals surface area contributed by atoms with E-state index in [1.807, 2.05) is 24.3 Å². The van der Waals surface area contributed by atoms with Gasteiger partial charge in [-0.05, 0) is 35.9 Å². The molecule has 6 bridgehead atoms. The van der Waals surface area contributed by atoms with Gasteiger partial charge >= 0.3 is 0 Å². The molecule has 0 spiro atoms. The van der Waals surface area contributed by atoms with Crippen molar-refractivity contribution in [1.29, 1.82) is 0 Å². The maximum Gasteiger partial charge on any atom is 0.251 e. The van der Waals surface area contributed by atoms with Crippen LogP contribution in [-0.2, 0) is 21.0 Å². The number of hydrogen-bond donors (Lipinski definition) is 6. The minimum absolute atomic E-state index is 0. The third-order valence-electron chi connectivity index (χ3n) is 4.69. The van der Waals surface area contributed by atoms with Gasteiger partial charge in [0.1, 0.15) is 18.0 Å². The Balaban J connectivity index is 0.000000998. The minimum Gasteiger partial charge on any atom is -0.350 e. The first-order chi connectivity index (χ1) is 18.0. The highest BCUT2D eigenvalue weighted by Crippen LogP contribution is 2.21. The van der Waals surface area contributed by atoms with E-state index in [9.17, 15) is 18.8 Å². The topological polar surface area (TPSA) is 167 Å². The molecule has 4 rings (SSSR count). The number of nitrogens with one attached hydrogen (secondary N) is 5. The molecule has 15 heteroatoms. The number of rotatable bonds is 0. The predicted octanol–water partition coefficient (Wildman–Crippen LogP) is 2.11. The van der Waals surface area contributed by atoms with Gasteiger partial charge in [0.2, 0.25) is 11.8 Å². The lowest BCUT2D eigenvalue weighted by molar-refractivity contribution is -0.172. The van der Waals surface area contributed by atoms with Crippen LogP contribution in [0.15, 0.2) is 60.9 Å². The lowest BCUT2D eigenvalue weighted by atomic mass is 10.2. The van der Waals surface area contributed by atoms with E-state index in [0.29, 0.717) is 29.4 Å². The average Bonchev–Trinajstić information content (AvgIpc) is 2.90. The van der Waals surface area contributed by atoms with Crippen LogP contribution in [0.5, 0.6) is 0 Å². The summed E-state index contributed by atoms with van der Waals surface area (Å²) in [6.07, 6.45) is 3.47. The van der Waals surface area contributed by atoms with Crippen molar-refractivity contribution in [2.75, 3.05) is 23.7 Å². The summed E-state index contributed by atoms with van der Waals surface area (Å²) in [6, 6.07) is 16.1. The van der Waals surface area contributed by atoms with Crippen molar-refractivity contribution >= 4 is 40.7 Å². The smallest absolute Gasteiger partial charge is 0.251 e. The van der Waals surface area contributed by atoms with E-state index in [0.717, 1.165) is 17.4 Å². The maximum atomic E-state index is 12.4. The molecule has 0 aliphatic carbocycles. The van der Waals surface area contributed by atoms with Crippen molar-refractivity contribution in [2.45, 2.75) is 6.54 Å². The molecule has 0 saturated carbocycles. The molecule has 2 aromatic carbocycles. The fourth-order valence-corrected chi connectivity index (χ4v) is 3.07. The van der Waals surface area contributed by atoms with Gasteiger partial charge in [-0.1, -0.05) is 18.2 Å². The van der Waals surface area contributed by atoms with E-state index in [2.05, 4.69) is 41.4 Å². The number of carbonyl (C=O) groups excluding carboxylic acids is 3. The first kappa shape index (κ1) is 31.7. The molecule has 2 heterocycles. The molecule has 3 amide bonds. The molecule has 206 valence electrons. The summed E-state index contributed by atoms with van der Waals surface area (Å²) < 4.78 is 10.3. The van der Waals surface area contributed by atoms with Crippen LogP contribution >= 0.6 is 0 Å². The molecule has 1 aliphatic heterocycles. The summed E-state index contributed by atoms with van der Waals surface area (Å²) in [5, 5.41) is 21.3. The average molecular weight is 547 g/mol. The van der Waals surface area contributed by atoms with E-state index >= 15 is 0 Å². The fraction of sp³-hybridized carbons (Fsp3) is 0.125. The van der Waals surface area contributed by atoms with Crippen molar-refractivity contribution in [3.05, 3.63) is 72.1 Å². The first-order valence-electron chi connectivity index (χ1n) is 10.7. The molecule has 0 fully saturated rings. The van der Waals surface area contributed by atoms with Crippen LogP contribution in [-0.4, -0.2) is 46.0 Å². The molecule has 6 N–H and O–H groups in total. The van der Waals surface area contributed by atoms with Gasteiger partial charge in [-0.15, -0.1) is 4.39 Å². The summed E-state index contributed by atoms with van der Waals surface area (Å²) in [6.45, 7) is -0.130. The molecule has 0 radical (unpaired) electrons. The van der Waals surface area contributed by atoms with Crippen LogP contribution in [0.1, 0.15) is 15.9 Å². The molecule has 39 heavy (non-hydrogen) atoms. The van der Waals surface area contributed by atoms with E-state index in [1.165, 1.54) is 12.4 Å². The standard InChI is InChI=1S/C22H21N7O3.C2HFO2.2FH/c30-20-11-24-21(31)12-25-22(32)15-4-2-6-17(8-15)29-19-9-18(26-13-27-19)28-16-5-1-3-14(7-16)10-23-20;3-1-2-5-4;;/h1-9,13H,10-12H2,(H,23,30)(H,24,31)(H,25,32)(H2,26,27,28,29);4H;2*1H. The summed E-state index contributed by atoms with van der Waals surface area (Å²) in [5.41, 5.74) is 2.70. The summed E-state index contributed by atoms with van der Waals surface area (Å²) in [5.74, 6) is -0.0910. The zero-order valence-electron chi connectivity index (χ0n) is 20.1. The van der Waals surface area contributed by atoms with Gasteiger partial charge in [-0.2, -0.15) is 5.26 Å². The normalized spacial score (nSPS) is 12.6. The number of carbonyl (C=O) groups is 3. The second-order valence-corrected chi connectivity index (χ2v) is 7.34. The van der Waals surface area contributed by atoms with Crippen LogP contribution in [0.2, 0.25) is 0 Å². The zero-order chi connectivity index (χ0) is 26.5. The summed E-state index contributed by atoms with van der Waals surface area (Å²) >= 11 is 0. The largest absolute Gasteiger partial charge is 0.350 e. The number of fused-ring (bicyclic) bond motifs is 6. The van der Waals surface area contributed by atoms with Crippen LogP contribution in [0, 0.1) is 12.3 Å². The van der Waals surface area contributed by atoms with Gasteiger partial charge in [0, 0.05) is 29.5 Å². The minimum atomic E-state index is -0.461. The van der Waals surface area contributed by atoms with Crippen LogP contribution in [0.25, 0.3) is 0 Å². The molecule has 1 aliphatic rings. The lowest BCUT2D eigenvalue weighted by Crippen LogP contribution is -2.41. The third-order valence-corrected chi connectivity index (χ3v) is 4.69. The van der Waals surface area contributed by atoms with Crippen LogP contribution in [0.4, 0.5) is 36.8 Å². The van der Waals surface area contributed by atoms with E-state index in [1.54, 1.807) is 30.3 Å². The number of halogens is 3. The number of aromatic nitrogens is 2. The monoisotopic (exact) mass is 547 g/mol. The van der Waals surface area contributed by atoms with Crippen molar-refractivity contribution in [3.8, 4) is 12.3 Å². The molecule has 3 aromatic rings. The number of amides is 3. The summed E-state index contributed by atoms with van der Waals surface area (Å²) in [7, 11) is 0. The summed E-state index contributed by atoms with van der Waals surface area (Å²) in [4.78, 5) is 47.8. The van der Waals surface area contributed by atoms with E-state index in [4.69, 9.17) is 5.26 Å². The Morgan fingerprint density at radius 2 is 1.38 bits per heavy atom. The lowest BCUT2D eigenvalue weighted by Gasteiger charge is -2.12. The predicted molar refractivity (Wildman–Crippen MR) is 136 cm³/mol. The Bertz CT molecular complexity index is 1330. The quantitative estimate of drug-likeness (QED) is 0.140. The van der Waals surface area contributed by atoms with Crippen molar-refractivity contribution in [2.24, 2.45) is 0 Å². The molecule has 12 nitrogen and oxygen atoms in total. The van der Waals surface area contributed by atoms with Crippen molar-refractivity contribution < 1.29 is 38.3 Å². The Kier molecular flexibility index (Phi) is 13.3. The number of benzene rings is 2. The van der Waals surface area contributed by atoms with Gasteiger partial charge in [0.25, 0.3) is 5.91 Å². The van der Waals surface area contributed by atoms with E-state index in [-0.39, 0.29) is 28.4 Å². The number of anilines is 4. The highest BCUT2D eigenvalue weighted by atomic mass is 19.1. The SMILES string of the molecule is F.F.O=C1CNC(=O)CNC(=O)c2cccc(c2)Nc2cc(ncn2)Nc2cccc(c2)CN1.OOC#CF. The van der Waals surface area contributed by atoms with Gasteiger partial charge in [0.05, 0.1) is 13.1 Å². The second kappa shape index (κ2) is 16.4. The highest BCUT2D eigenvalue weighted by Gasteiger charge is 2.11. The molecule has 0 atom stereocenters. The second-order valence-electron chi connectivity index (χ2n) is 7.34. The Morgan fingerprint density at radius 1 is 0.795 bits per heavy atom. The Morgan fingerprint density at radius 3 is 2.00 bits per heavy atom. The molecular formula is C24H24F3N7O5. The van der Waals surface area contributed by atoms with Crippen LogP contribution < -0.4 is 26.6 Å². The molecule has 1 aromatic heterocycles. The maximum absolute atomic E-state index is 12.4. The Hall–Kier alpha value is -5.36. The fourth-order valence-electron chi connectivity index (χ4n) is 3.07. The molecule has 0 saturated heterocycles. The first-order valence-corrected chi connectivity index (χ1v) is 10.7. The van der Waals surface area contributed by atoms with Gasteiger partial charge in [0.15, 0.2) is 12.3 Å². The number of hydrogen-bond acceptors (Lipinski definition) is 9. The van der Waals surface area contributed by atoms with Crippen molar-refractivity contribution in [1.82, 2.24) is 25.9 Å². The number of nitrogens with zero attached hydrogens (tertiary/aromatic N) is 2. The van der Waals surface area contributed by atoms with Crippen LogP contribution in [0.3, 0.4) is 0 Å². The van der Waals surface area contributed by atoms with Gasteiger partial charge in [-0.25, -0.2) is 9.97 Å². The Labute approximate surface area is 220 Å². The van der Waals surface area contributed by atoms with Crippen molar-refractivity contribution in [3.63, 3.8) is 0 Å². The highest BCUT2D eigenvalue weighted by molar-refractivity contribution is 5.97. The zero-order valence-corrected chi connectivity index (χ0v) is 20.1.